The molecule has 0 amide bonds. The van der Waals surface area contributed by atoms with Gasteiger partial charge in [-0.05, 0) is 45.7 Å². The van der Waals surface area contributed by atoms with Crippen LogP contribution in [0.3, 0.4) is 0 Å². The molecule has 1 unspecified atom stereocenters. The third kappa shape index (κ3) is 5.53. The van der Waals surface area contributed by atoms with Gasteiger partial charge in [-0.1, -0.05) is 82.3 Å². The number of hydrogen-bond donors (Lipinski definition) is 0. The molecule has 0 saturated carbocycles. The molecule has 7 heteroatoms. The van der Waals surface area contributed by atoms with Crippen molar-refractivity contribution in [2.24, 2.45) is 0 Å². The molecule has 2 aromatic rings. The number of rotatable bonds is 10. The molecular weight excluding hydrogens is 455 g/mol. The second kappa shape index (κ2) is 11.9. The zero-order valence-corrected chi connectivity index (χ0v) is 22.0. The van der Waals surface area contributed by atoms with E-state index in [0.717, 1.165) is 0 Å². The summed E-state index contributed by atoms with van der Waals surface area (Å²) in [4.78, 5) is 0. The van der Waals surface area contributed by atoms with Crippen molar-refractivity contribution in [1.29, 1.82) is 5.26 Å². The lowest BCUT2D eigenvalue weighted by molar-refractivity contribution is 0.117. The molecule has 0 bridgehead atoms. The minimum absolute atomic E-state index is 0.0875. The van der Waals surface area contributed by atoms with Crippen LogP contribution in [0, 0.1) is 11.3 Å². The van der Waals surface area contributed by atoms with E-state index in [0.29, 0.717) is 13.0 Å². The van der Waals surface area contributed by atoms with Gasteiger partial charge in [0.1, 0.15) is 10.9 Å². The summed E-state index contributed by atoms with van der Waals surface area (Å²) in [6.07, 6.45) is 0.272. The SMILES string of the molecule is CC(C)N(C(C)C)P(OCCC#N)O[C@H]1[C@H](C)SSC1(c1ccccc1)c1ccccc1. The average Bonchev–Trinajstić information content (AvgIpc) is 3.11. The highest BCUT2D eigenvalue weighted by molar-refractivity contribution is 8.77. The summed E-state index contributed by atoms with van der Waals surface area (Å²) in [5.41, 5.74) is 2.48. The van der Waals surface area contributed by atoms with Crippen molar-refractivity contribution in [2.45, 2.75) is 69.2 Å². The molecular formula is C25H33N2O2PS2. The van der Waals surface area contributed by atoms with Crippen molar-refractivity contribution in [2.75, 3.05) is 6.61 Å². The van der Waals surface area contributed by atoms with Crippen LogP contribution in [0.5, 0.6) is 0 Å². The molecule has 2 aromatic carbocycles. The fourth-order valence-corrected chi connectivity index (χ4v) is 9.73. The number of hydrogen-bond acceptors (Lipinski definition) is 6. The first kappa shape index (κ1) is 25.6. The van der Waals surface area contributed by atoms with Crippen LogP contribution in [0.15, 0.2) is 60.7 Å². The zero-order valence-electron chi connectivity index (χ0n) is 19.5. The van der Waals surface area contributed by atoms with Gasteiger partial charge in [0.05, 0.1) is 19.1 Å². The minimum atomic E-state index is -1.34. The third-order valence-corrected chi connectivity index (χ3v) is 11.1. The van der Waals surface area contributed by atoms with Gasteiger partial charge in [0.15, 0.2) is 0 Å². The first-order valence-electron chi connectivity index (χ1n) is 11.1. The third-order valence-electron chi connectivity index (χ3n) is 5.43. The van der Waals surface area contributed by atoms with Gasteiger partial charge in [0.25, 0.3) is 8.53 Å². The smallest absolute Gasteiger partial charge is 0.259 e. The van der Waals surface area contributed by atoms with Gasteiger partial charge in [-0.3, -0.25) is 0 Å². The molecule has 0 spiro atoms. The van der Waals surface area contributed by atoms with E-state index in [1.165, 1.54) is 11.1 Å². The highest BCUT2D eigenvalue weighted by atomic mass is 33.1. The molecule has 1 aliphatic heterocycles. The van der Waals surface area contributed by atoms with Crippen LogP contribution in [-0.4, -0.2) is 34.7 Å². The highest BCUT2D eigenvalue weighted by Crippen LogP contribution is 2.64. The van der Waals surface area contributed by atoms with Gasteiger partial charge in [-0.2, -0.15) is 5.26 Å². The molecule has 1 fully saturated rings. The van der Waals surface area contributed by atoms with Crippen LogP contribution >= 0.6 is 30.1 Å². The molecule has 1 saturated heterocycles. The Morgan fingerprint density at radius 3 is 2.00 bits per heavy atom. The predicted molar refractivity (Wildman–Crippen MR) is 138 cm³/mol. The fraction of sp³-hybridized carbons (Fsp3) is 0.480. The van der Waals surface area contributed by atoms with Gasteiger partial charge in [-0.15, -0.1) is 0 Å². The van der Waals surface area contributed by atoms with Gasteiger partial charge in [0, 0.05) is 17.3 Å². The Labute approximate surface area is 202 Å². The van der Waals surface area contributed by atoms with Crippen molar-refractivity contribution < 1.29 is 9.05 Å². The average molecular weight is 489 g/mol. The Morgan fingerprint density at radius 2 is 1.53 bits per heavy atom. The highest BCUT2D eigenvalue weighted by Gasteiger charge is 2.54. The van der Waals surface area contributed by atoms with Crippen molar-refractivity contribution in [3.8, 4) is 6.07 Å². The van der Waals surface area contributed by atoms with E-state index in [9.17, 15) is 0 Å². The molecule has 0 N–H and O–H groups in total. The Bertz CT molecular complexity index is 829. The Hall–Kier alpha value is -1.06. The van der Waals surface area contributed by atoms with E-state index < -0.39 is 8.53 Å². The van der Waals surface area contributed by atoms with E-state index in [2.05, 4.69) is 106 Å². The lowest BCUT2D eigenvalue weighted by Gasteiger charge is -2.41. The van der Waals surface area contributed by atoms with Crippen LogP contribution in [0.25, 0.3) is 0 Å². The van der Waals surface area contributed by atoms with Crippen LogP contribution in [0.1, 0.15) is 52.2 Å². The monoisotopic (exact) mass is 488 g/mol. The summed E-state index contributed by atoms with van der Waals surface area (Å²) in [6.45, 7) is 11.3. The lowest BCUT2D eigenvalue weighted by Crippen LogP contribution is -2.42. The van der Waals surface area contributed by atoms with E-state index in [-0.39, 0.29) is 28.2 Å². The van der Waals surface area contributed by atoms with E-state index in [4.69, 9.17) is 14.3 Å². The van der Waals surface area contributed by atoms with Gasteiger partial charge in [-0.25, -0.2) is 4.67 Å². The van der Waals surface area contributed by atoms with Crippen molar-refractivity contribution in [3.05, 3.63) is 71.8 Å². The summed E-state index contributed by atoms with van der Waals surface area (Å²) in [5.74, 6) is 0. The summed E-state index contributed by atoms with van der Waals surface area (Å²) in [7, 11) is 2.43. The summed E-state index contributed by atoms with van der Waals surface area (Å²) in [5, 5.41) is 9.33. The Kier molecular flexibility index (Phi) is 9.49. The largest absolute Gasteiger partial charge is 0.321 e. The maximum absolute atomic E-state index is 9.06. The van der Waals surface area contributed by atoms with Crippen LogP contribution in [-0.2, 0) is 13.8 Å². The standard InChI is InChI=1S/C25H33N2O2PS2/c1-19(2)27(20(3)4)30(28-18-12-17-26)29-24-21(5)31-32-25(24,22-13-8-6-9-14-22)23-15-10-7-11-16-23/h6-11,13-16,19-21,24H,12,18H2,1-5H3/t21-,24-,30?/m0/s1. The van der Waals surface area contributed by atoms with Gasteiger partial charge < -0.3 is 9.05 Å². The van der Waals surface area contributed by atoms with Gasteiger partial charge in [0.2, 0.25) is 0 Å². The van der Waals surface area contributed by atoms with Crippen molar-refractivity contribution in [1.82, 2.24) is 4.67 Å². The van der Waals surface area contributed by atoms with Crippen molar-refractivity contribution in [3.63, 3.8) is 0 Å². The lowest BCUT2D eigenvalue weighted by atomic mass is 9.84. The number of nitrogens with zero attached hydrogens (tertiary/aromatic N) is 2. The molecule has 0 radical (unpaired) electrons. The summed E-state index contributed by atoms with van der Waals surface area (Å²) in [6, 6.07) is 24.1. The van der Waals surface area contributed by atoms with Crippen LogP contribution in [0.4, 0.5) is 0 Å². The maximum atomic E-state index is 9.06. The molecule has 3 atom stereocenters. The number of nitriles is 1. The summed E-state index contributed by atoms with van der Waals surface area (Å²) >= 11 is 0. The topological polar surface area (TPSA) is 45.5 Å². The minimum Gasteiger partial charge on any atom is -0.321 e. The molecule has 4 nitrogen and oxygen atoms in total. The van der Waals surface area contributed by atoms with Gasteiger partial charge >= 0.3 is 0 Å². The van der Waals surface area contributed by atoms with E-state index in [1.807, 2.05) is 21.6 Å². The van der Waals surface area contributed by atoms with Crippen molar-refractivity contribution >= 4 is 30.1 Å². The van der Waals surface area contributed by atoms with Crippen LogP contribution < -0.4 is 0 Å². The quantitative estimate of drug-likeness (QED) is 0.198. The van der Waals surface area contributed by atoms with E-state index in [1.54, 1.807) is 0 Å². The first-order valence-corrected chi connectivity index (χ1v) is 14.5. The normalized spacial score (nSPS) is 21.2. The first-order chi connectivity index (χ1) is 15.4. The molecule has 0 aliphatic carbocycles. The summed E-state index contributed by atoms with van der Waals surface area (Å²) < 4.78 is 15.2. The Morgan fingerprint density at radius 1 is 1.00 bits per heavy atom. The Balaban J connectivity index is 2.05. The molecule has 32 heavy (non-hydrogen) atoms. The maximum Gasteiger partial charge on any atom is 0.259 e. The predicted octanol–water partition coefficient (Wildman–Crippen LogP) is 7.37. The molecule has 3 rings (SSSR count). The second-order valence-corrected chi connectivity index (χ2v) is 12.7. The molecule has 0 aromatic heterocycles. The fourth-order valence-electron chi connectivity index (χ4n) is 4.09. The number of benzene rings is 2. The van der Waals surface area contributed by atoms with E-state index >= 15 is 0 Å². The molecule has 1 aliphatic rings. The second-order valence-electron chi connectivity index (χ2n) is 8.43. The van der Waals surface area contributed by atoms with Crippen LogP contribution in [0.2, 0.25) is 0 Å². The zero-order chi connectivity index (χ0) is 23.1. The molecule has 172 valence electrons. The molecule has 1 heterocycles.